The van der Waals surface area contributed by atoms with Crippen LogP contribution in [0, 0.1) is 0 Å². The number of hydrogen-bond acceptors (Lipinski definition) is 0. The first kappa shape index (κ1) is 11.5. The quantitative estimate of drug-likeness (QED) is 0.338. The molecule has 0 atom stereocenters. The Morgan fingerprint density at radius 3 is 1.91 bits per heavy atom. The zero-order chi connectivity index (χ0) is 8.74. The fraction of sp³-hybridized carbons (Fsp3) is 1.00. The van der Waals surface area contributed by atoms with E-state index >= 15 is 0 Å². The van der Waals surface area contributed by atoms with Crippen molar-refractivity contribution in [1.29, 1.82) is 0 Å². The summed E-state index contributed by atoms with van der Waals surface area (Å²) in [4.78, 5) is 0. The molecule has 0 spiro atoms. The van der Waals surface area contributed by atoms with E-state index in [1.807, 2.05) is 0 Å². The maximum Gasteiger partial charge on any atom is 0.0442 e. The Labute approximate surface area is 77.3 Å². The molecule has 0 aliphatic heterocycles. The lowest BCUT2D eigenvalue weighted by Gasteiger charge is -2.14. The molecule has 0 aliphatic carbocycles. The summed E-state index contributed by atoms with van der Waals surface area (Å²) in [5.41, 5.74) is 0. The SMILES string of the molecule is C[Si](C)(C)CCCCCCCl. The van der Waals surface area contributed by atoms with Crippen molar-refractivity contribution in [1.82, 2.24) is 0 Å². The number of unbranched alkanes of at least 4 members (excludes halogenated alkanes) is 3. The Kier molecular flexibility index (Phi) is 6.35. The van der Waals surface area contributed by atoms with Gasteiger partial charge in [-0.3, -0.25) is 0 Å². The fourth-order valence-corrected chi connectivity index (χ4v) is 2.60. The summed E-state index contributed by atoms with van der Waals surface area (Å²) in [7, 11) is -0.750. The van der Waals surface area contributed by atoms with E-state index in [0.717, 1.165) is 5.88 Å². The zero-order valence-corrected chi connectivity index (χ0v) is 9.88. The van der Waals surface area contributed by atoms with Crippen molar-refractivity contribution in [2.75, 3.05) is 5.88 Å². The maximum absolute atomic E-state index is 5.58. The molecule has 11 heavy (non-hydrogen) atoms. The highest BCUT2D eigenvalue weighted by molar-refractivity contribution is 6.76. The van der Waals surface area contributed by atoms with Crippen molar-refractivity contribution in [3.05, 3.63) is 0 Å². The van der Waals surface area contributed by atoms with Gasteiger partial charge in [0.15, 0.2) is 0 Å². The van der Waals surface area contributed by atoms with Gasteiger partial charge < -0.3 is 0 Å². The largest absolute Gasteiger partial charge is 0.127 e. The van der Waals surface area contributed by atoms with Crippen molar-refractivity contribution < 1.29 is 0 Å². The Morgan fingerprint density at radius 1 is 0.909 bits per heavy atom. The monoisotopic (exact) mass is 192 g/mol. The molecule has 0 rings (SSSR count). The van der Waals surface area contributed by atoms with Gasteiger partial charge in [-0.05, 0) is 6.42 Å². The molecule has 0 nitrogen and oxygen atoms in total. The lowest BCUT2D eigenvalue weighted by Crippen LogP contribution is -2.18. The molecule has 0 aromatic carbocycles. The van der Waals surface area contributed by atoms with Crippen LogP contribution in [0.1, 0.15) is 25.7 Å². The minimum atomic E-state index is -0.750. The van der Waals surface area contributed by atoms with Gasteiger partial charge in [-0.15, -0.1) is 11.6 Å². The molecule has 0 aromatic heterocycles. The summed E-state index contributed by atoms with van der Waals surface area (Å²) in [6, 6.07) is 1.48. The molecule has 0 saturated heterocycles. The van der Waals surface area contributed by atoms with E-state index < -0.39 is 8.07 Å². The smallest absolute Gasteiger partial charge is 0.0442 e. The predicted octanol–water partition coefficient (Wildman–Crippen LogP) is 4.12. The van der Waals surface area contributed by atoms with Crippen LogP contribution >= 0.6 is 11.6 Å². The molecule has 0 bridgehead atoms. The predicted molar refractivity (Wildman–Crippen MR) is 57.3 cm³/mol. The number of hydrogen-bond donors (Lipinski definition) is 0. The first-order valence-electron chi connectivity index (χ1n) is 4.62. The Morgan fingerprint density at radius 2 is 1.45 bits per heavy atom. The molecule has 2 heteroatoms. The van der Waals surface area contributed by atoms with Crippen molar-refractivity contribution in [2.24, 2.45) is 0 Å². The van der Waals surface area contributed by atoms with Crippen LogP contribution in [0.4, 0.5) is 0 Å². The van der Waals surface area contributed by atoms with Crippen LogP contribution in [0.2, 0.25) is 25.7 Å². The second-order valence-corrected chi connectivity index (χ2v) is 10.4. The van der Waals surface area contributed by atoms with Crippen LogP contribution in [0.25, 0.3) is 0 Å². The lowest BCUT2D eigenvalue weighted by atomic mass is 10.2. The van der Waals surface area contributed by atoms with Gasteiger partial charge in [-0.2, -0.15) is 0 Å². The summed E-state index contributed by atoms with van der Waals surface area (Å²) in [5.74, 6) is 0.840. The molecule has 0 saturated carbocycles. The van der Waals surface area contributed by atoms with Gasteiger partial charge >= 0.3 is 0 Å². The topological polar surface area (TPSA) is 0 Å². The maximum atomic E-state index is 5.58. The van der Waals surface area contributed by atoms with Gasteiger partial charge in [-0.1, -0.05) is 44.9 Å². The average Bonchev–Trinajstić information content (AvgIpc) is 1.85. The van der Waals surface area contributed by atoms with Gasteiger partial charge in [-0.25, -0.2) is 0 Å². The standard InChI is InChI=1S/C9H21ClSi/c1-11(2,3)9-7-5-4-6-8-10/h4-9H2,1-3H3. The Hall–Kier alpha value is 0.507. The van der Waals surface area contributed by atoms with E-state index in [9.17, 15) is 0 Å². The van der Waals surface area contributed by atoms with Crippen molar-refractivity contribution >= 4 is 19.7 Å². The molecule has 0 unspecified atom stereocenters. The average molecular weight is 193 g/mol. The van der Waals surface area contributed by atoms with Crippen LogP contribution in [0.5, 0.6) is 0 Å². The number of alkyl halides is 1. The molecule has 0 radical (unpaired) electrons. The van der Waals surface area contributed by atoms with Gasteiger partial charge in [0, 0.05) is 14.0 Å². The van der Waals surface area contributed by atoms with Crippen LogP contribution in [0.15, 0.2) is 0 Å². The van der Waals surface area contributed by atoms with Crippen LogP contribution in [-0.4, -0.2) is 14.0 Å². The molecular formula is C9H21ClSi. The first-order valence-corrected chi connectivity index (χ1v) is 8.86. The second kappa shape index (κ2) is 6.07. The van der Waals surface area contributed by atoms with E-state index in [4.69, 9.17) is 11.6 Å². The molecule has 0 heterocycles. The molecule has 0 aromatic rings. The first-order chi connectivity index (χ1) is 5.06. The van der Waals surface area contributed by atoms with E-state index in [0.29, 0.717) is 0 Å². The second-order valence-electron chi connectivity index (χ2n) is 4.41. The number of rotatable bonds is 6. The van der Waals surface area contributed by atoms with Gasteiger partial charge in [0.05, 0.1) is 0 Å². The molecule has 68 valence electrons. The van der Waals surface area contributed by atoms with Crippen molar-refractivity contribution in [2.45, 2.75) is 51.4 Å². The van der Waals surface area contributed by atoms with Crippen molar-refractivity contribution in [3.63, 3.8) is 0 Å². The third kappa shape index (κ3) is 10.5. The molecule has 0 N–H and O–H groups in total. The minimum Gasteiger partial charge on any atom is -0.127 e. The minimum absolute atomic E-state index is 0.750. The summed E-state index contributed by atoms with van der Waals surface area (Å²) < 4.78 is 0. The molecule has 0 amide bonds. The van der Waals surface area contributed by atoms with E-state index in [2.05, 4.69) is 19.6 Å². The zero-order valence-electron chi connectivity index (χ0n) is 8.12. The summed E-state index contributed by atoms with van der Waals surface area (Å²) in [6.45, 7) is 7.32. The summed E-state index contributed by atoms with van der Waals surface area (Å²) >= 11 is 5.58. The third-order valence-electron chi connectivity index (χ3n) is 1.81. The van der Waals surface area contributed by atoms with Gasteiger partial charge in [0.1, 0.15) is 0 Å². The fourth-order valence-electron chi connectivity index (χ4n) is 1.10. The molecule has 0 fully saturated rings. The highest BCUT2D eigenvalue weighted by Gasteiger charge is 2.10. The van der Waals surface area contributed by atoms with Gasteiger partial charge in [0.25, 0.3) is 0 Å². The Bertz CT molecular complexity index is 86.1. The Balaban J connectivity index is 3.02. The normalized spacial score (nSPS) is 12.0. The van der Waals surface area contributed by atoms with E-state index in [1.165, 1.54) is 31.7 Å². The molecule has 0 aliphatic rings. The van der Waals surface area contributed by atoms with Crippen molar-refractivity contribution in [3.8, 4) is 0 Å². The highest BCUT2D eigenvalue weighted by Crippen LogP contribution is 2.14. The van der Waals surface area contributed by atoms with E-state index in [1.54, 1.807) is 0 Å². The van der Waals surface area contributed by atoms with E-state index in [-0.39, 0.29) is 0 Å². The van der Waals surface area contributed by atoms with Crippen LogP contribution in [0.3, 0.4) is 0 Å². The highest BCUT2D eigenvalue weighted by atomic mass is 35.5. The summed E-state index contributed by atoms with van der Waals surface area (Å²) in [6.07, 6.45) is 5.34. The number of halogens is 1. The molecular weight excluding hydrogens is 172 g/mol. The van der Waals surface area contributed by atoms with Crippen LogP contribution < -0.4 is 0 Å². The van der Waals surface area contributed by atoms with Gasteiger partial charge in [0.2, 0.25) is 0 Å². The lowest BCUT2D eigenvalue weighted by molar-refractivity contribution is 0.699. The van der Waals surface area contributed by atoms with Crippen LogP contribution in [-0.2, 0) is 0 Å². The summed E-state index contributed by atoms with van der Waals surface area (Å²) in [5, 5.41) is 0. The third-order valence-corrected chi connectivity index (χ3v) is 3.93.